The molecule has 0 aromatic heterocycles. The molecule has 0 saturated heterocycles. The molecule has 0 heterocycles. The second kappa shape index (κ2) is 8.04. The summed E-state index contributed by atoms with van der Waals surface area (Å²) in [5.74, 6) is 0.0261. The van der Waals surface area contributed by atoms with E-state index in [9.17, 15) is 4.79 Å². The summed E-state index contributed by atoms with van der Waals surface area (Å²) >= 11 is 3.40. The minimum absolute atomic E-state index is 0.0261. The van der Waals surface area contributed by atoms with Crippen LogP contribution in [0, 0.1) is 11.3 Å². The van der Waals surface area contributed by atoms with Crippen LogP contribution in [0.1, 0.15) is 44.1 Å². The zero-order valence-electron chi connectivity index (χ0n) is 12.0. The lowest BCUT2D eigenvalue weighted by Gasteiger charge is -2.17. The topological polar surface area (TPSA) is 64.9 Å². The van der Waals surface area contributed by atoms with Gasteiger partial charge in [0.1, 0.15) is 0 Å². The number of carbonyl (C=O) groups is 1. The van der Waals surface area contributed by atoms with E-state index >= 15 is 0 Å². The van der Waals surface area contributed by atoms with E-state index in [0.29, 0.717) is 11.6 Å². The number of rotatable bonds is 4. The summed E-state index contributed by atoms with van der Waals surface area (Å²) in [6.45, 7) is 0.251. The highest BCUT2D eigenvalue weighted by Crippen LogP contribution is 2.23. The molecule has 0 aliphatic heterocycles. The maximum absolute atomic E-state index is 12.0. The van der Waals surface area contributed by atoms with E-state index in [0.717, 1.165) is 23.0 Å². The zero-order valence-corrected chi connectivity index (χ0v) is 13.6. The fourth-order valence-corrected chi connectivity index (χ4v) is 3.12. The second-order valence-corrected chi connectivity index (χ2v) is 6.27. The largest absolute Gasteiger partial charge is 0.375 e. The Morgan fingerprint density at radius 2 is 2.00 bits per heavy atom. The Hall–Kier alpha value is -1.54. The van der Waals surface area contributed by atoms with Crippen molar-refractivity contribution in [3.8, 4) is 6.07 Å². The van der Waals surface area contributed by atoms with E-state index in [-0.39, 0.29) is 12.5 Å². The Balaban J connectivity index is 1.82. The molecule has 1 aromatic rings. The SMILES string of the molecule is N#Cc1ccc(NCC(=O)NC2CCCCCC2)c(Br)c1. The molecule has 1 amide bonds. The van der Waals surface area contributed by atoms with Crippen LogP contribution in [-0.4, -0.2) is 18.5 Å². The van der Waals surface area contributed by atoms with E-state index in [2.05, 4.69) is 32.6 Å². The third-order valence-electron chi connectivity index (χ3n) is 3.76. The quantitative estimate of drug-likeness (QED) is 0.816. The van der Waals surface area contributed by atoms with E-state index in [1.54, 1.807) is 12.1 Å². The van der Waals surface area contributed by atoms with Gasteiger partial charge in [-0.25, -0.2) is 0 Å². The molecule has 4 nitrogen and oxygen atoms in total. The van der Waals surface area contributed by atoms with Gasteiger partial charge in [-0.1, -0.05) is 25.7 Å². The average Bonchev–Trinajstić information content (AvgIpc) is 2.74. The summed E-state index contributed by atoms with van der Waals surface area (Å²) in [5.41, 5.74) is 1.42. The monoisotopic (exact) mass is 349 g/mol. The number of carbonyl (C=O) groups excluding carboxylic acids is 1. The van der Waals surface area contributed by atoms with Crippen molar-refractivity contribution in [1.82, 2.24) is 5.32 Å². The summed E-state index contributed by atoms with van der Waals surface area (Å²) in [7, 11) is 0. The summed E-state index contributed by atoms with van der Waals surface area (Å²) < 4.78 is 0.795. The summed E-state index contributed by atoms with van der Waals surface area (Å²) in [6.07, 6.45) is 7.16. The van der Waals surface area contributed by atoms with Gasteiger partial charge in [0.15, 0.2) is 0 Å². The van der Waals surface area contributed by atoms with Crippen LogP contribution in [0.5, 0.6) is 0 Å². The van der Waals surface area contributed by atoms with Gasteiger partial charge in [0, 0.05) is 16.2 Å². The standard InChI is InChI=1S/C16H20BrN3O/c17-14-9-12(10-18)7-8-15(14)19-11-16(21)20-13-5-3-1-2-4-6-13/h7-9,13,19H,1-6,11H2,(H,20,21). The molecule has 5 heteroatoms. The molecule has 1 fully saturated rings. The highest BCUT2D eigenvalue weighted by molar-refractivity contribution is 9.10. The molecule has 1 aliphatic carbocycles. The molecule has 1 aliphatic rings. The van der Waals surface area contributed by atoms with Gasteiger partial charge in [0.2, 0.25) is 5.91 Å². The van der Waals surface area contributed by atoms with E-state index < -0.39 is 0 Å². The average molecular weight is 350 g/mol. The van der Waals surface area contributed by atoms with Gasteiger partial charge in [0.25, 0.3) is 0 Å². The predicted molar refractivity (Wildman–Crippen MR) is 87.0 cm³/mol. The third kappa shape index (κ3) is 5.05. The van der Waals surface area contributed by atoms with Gasteiger partial charge in [0.05, 0.1) is 18.2 Å². The highest BCUT2D eigenvalue weighted by atomic mass is 79.9. The van der Waals surface area contributed by atoms with Crippen LogP contribution in [0.4, 0.5) is 5.69 Å². The number of nitrogens with one attached hydrogen (secondary N) is 2. The van der Waals surface area contributed by atoms with Crippen molar-refractivity contribution in [3.63, 3.8) is 0 Å². The summed E-state index contributed by atoms with van der Waals surface area (Å²) in [5, 5.41) is 15.0. The molecule has 1 saturated carbocycles. The third-order valence-corrected chi connectivity index (χ3v) is 4.41. The molecule has 0 spiro atoms. The number of hydrogen-bond donors (Lipinski definition) is 2. The Labute approximate surface area is 134 Å². The number of nitriles is 1. The number of benzene rings is 1. The number of nitrogens with zero attached hydrogens (tertiary/aromatic N) is 1. The molecule has 2 rings (SSSR count). The smallest absolute Gasteiger partial charge is 0.239 e. The van der Waals surface area contributed by atoms with Gasteiger partial charge >= 0.3 is 0 Å². The highest BCUT2D eigenvalue weighted by Gasteiger charge is 2.14. The molecule has 0 unspecified atom stereocenters. The first-order chi connectivity index (χ1) is 10.2. The van der Waals surface area contributed by atoms with Crippen molar-refractivity contribution in [2.24, 2.45) is 0 Å². The van der Waals surface area contributed by atoms with Gasteiger partial charge in [-0.15, -0.1) is 0 Å². The molecule has 112 valence electrons. The maximum atomic E-state index is 12.0. The van der Waals surface area contributed by atoms with Crippen LogP contribution in [0.25, 0.3) is 0 Å². The van der Waals surface area contributed by atoms with Crippen molar-refractivity contribution in [1.29, 1.82) is 5.26 Å². The van der Waals surface area contributed by atoms with Crippen molar-refractivity contribution in [3.05, 3.63) is 28.2 Å². The Bertz CT molecular complexity index is 531. The Kier molecular flexibility index (Phi) is 6.06. The van der Waals surface area contributed by atoms with E-state index in [4.69, 9.17) is 5.26 Å². The molecule has 0 radical (unpaired) electrons. The maximum Gasteiger partial charge on any atom is 0.239 e. The lowest BCUT2D eigenvalue weighted by atomic mass is 10.1. The van der Waals surface area contributed by atoms with E-state index in [1.807, 2.05) is 6.07 Å². The Morgan fingerprint density at radius 3 is 2.62 bits per heavy atom. The van der Waals surface area contributed by atoms with E-state index in [1.165, 1.54) is 25.7 Å². The van der Waals surface area contributed by atoms with Gasteiger partial charge in [-0.2, -0.15) is 5.26 Å². The fraction of sp³-hybridized carbons (Fsp3) is 0.500. The number of hydrogen-bond acceptors (Lipinski definition) is 3. The van der Waals surface area contributed by atoms with Crippen LogP contribution in [-0.2, 0) is 4.79 Å². The van der Waals surface area contributed by atoms with Crippen molar-refractivity contribution < 1.29 is 4.79 Å². The molecular formula is C16H20BrN3O. The molecular weight excluding hydrogens is 330 g/mol. The first-order valence-corrected chi connectivity index (χ1v) is 8.21. The minimum Gasteiger partial charge on any atom is -0.375 e. The lowest BCUT2D eigenvalue weighted by Crippen LogP contribution is -2.38. The Morgan fingerprint density at radius 1 is 1.29 bits per heavy atom. The summed E-state index contributed by atoms with van der Waals surface area (Å²) in [6, 6.07) is 7.69. The minimum atomic E-state index is 0.0261. The van der Waals surface area contributed by atoms with Crippen LogP contribution in [0.15, 0.2) is 22.7 Å². The lowest BCUT2D eigenvalue weighted by molar-refractivity contribution is -0.120. The molecule has 0 bridgehead atoms. The van der Waals surface area contributed by atoms with Gasteiger partial charge in [-0.3, -0.25) is 4.79 Å². The summed E-state index contributed by atoms with van der Waals surface area (Å²) in [4.78, 5) is 12.0. The normalized spacial score (nSPS) is 15.8. The number of halogens is 1. The van der Waals surface area contributed by atoms with Crippen LogP contribution >= 0.6 is 15.9 Å². The molecule has 0 atom stereocenters. The van der Waals surface area contributed by atoms with Crippen LogP contribution in [0.3, 0.4) is 0 Å². The first kappa shape index (κ1) is 15.8. The van der Waals surface area contributed by atoms with Crippen LogP contribution < -0.4 is 10.6 Å². The zero-order chi connectivity index (χ0) is 15.1. The number of anilines is 1. The predicted octanol–water partition coefficient (Wildman–Crippen LogP) is 3.57. The first-order valence-electron chi connectivity index (χ1n) is 7.42. The molecule has 21 heavy (non-hydrogen) atoms. The van der Waals surface area contributed by atoms with Crippen molar-refractivity contribution >= 4 is 27.5 Å². The van der Waals surface area contributed by atoms with Crippen molar-refractivity contribution in [2.75, 3.05) is 11.9 Å². The van der Waals surface area contributed by atoms with Gasteiger partial charge < -0.3 is 10.6 Å². The number of amides is 1. The van der Waals surface area contributed by atoms with Gasteiger partial charge in [-0.05, 0) is 47.0 Å². The van der Waals surface area contributed by atoms with Crippen molar-refractivity contribution in [2.45, 2.75) is 44.6 Å². The fourth-order valence-electron chi connectivity index (χ4n) is 2.61. The van der Waals surface area contributed by atoms with Crippen LogP contribution in [0.2, 0.25) is 0 Å². The molecule has 1 aromatic carbocycles. The molecule has 2 N–H and O–H groups in total. The second-order valence-electron chi connectivity index (χ2n) is 5.42.